The molecular weight excluding hydrogens is 210 g/mol. The lowest BCUT2D eigenvalue weighted by Gasteiger charge is -2.30. The van der Waals surface area contributed by atoms with E-state index >= 15 is 0 Å². The molecule has 0 radical (unpaired) electrons. The molecule has 3 nitrogen and oxygen atoms in total. The number of H-pyrrole nitrogens is 1. The molecule has 0 spiro atoms. The number of aromatic amines is 1. The van der Waals surface area contributed by atoms with Crippen LogP contribution in [0.2, 0.25) is 0 Å². The summed E-state index contributed by atoms with van der Waals surface area (Å²) in [5, 5.41) is 10.9. The van der Waals surface area contributed by atoms with Gasteiger partial charge in [-0.2, -0.15) is 5.10 Å². The van der Waals surface area contributed by atoms with Gasteiger partial charge in [0, 0.05) is 11.1 Å². The second-order valence-corrected chi connectivity index (χ2v) is 6.33. The van der Waals surface area contributed by atoms with Crippen LogP contribution in [0.1, 0.15) is 57.7 Å². The zero-order valence-electron chi connectivity index (χ0n) is 11.5. The van der Waals surface area contributed by atoms with Gasteiger partial charge in [-0.1, -0.05) is 27.7 Å². The molecule has 0 aliphatic carbocycles. The van der Waals surface area contributed by atoms with Crippen molar-refractivity contribution in [3.8, 4) is 0 Å². The standard InChI is InChI=1S/C14H25N3/c1-10(11-5-7-15-8-6-11)12-9-16-17-13(12)14(2,3)4/h9-11,15H,5-8H2,1-4H3,(H,16,17). The van der Waals surface area contributed by atoms with Crippen LogP contribution in [0.3, 0.4) is 0 Å². The number of nitrogens with one attached hydrogen (secondary N) is 2. The summed E-state index contributed by atoms with van der Waals surface area (Å²) in [5.41, 5.74) is 2.89. The van der Waals surface area contributed by atoms with Gasteiger partial charge in [-0.05, 0) is 43.3 Å². The van der Waals surface area contributed by atoms with Crippen LogP contribution in [0.4, 0.5) is 0 Å². The van der Waals surface area contributed by atoms with E-state index < -0.39 is 0 Å². The molecule has 96 valence electrons. The third-order valence-electron chi connectivity index (χ3n) is 4.00. The van der Waals surface area contributed by atoms with E-state index in [4.69, 9.17) is 0 Å². The summed E-state index contributed by atoms with van der Waals surface area (Å²) in [6.07, 6.45) is 4.61. The zero-order chi connectivity index (χ0) is 12.5. The minimum absolute atomic E-state index is 0.160. The van der Waals surface area contributed by atoms with Gasteiger partial charge in [0.15, 0.2) is 0 Å². The lowest BCUT2D eigenvalue weighted by atomic mass is 9.78. The van der Waals surface area contributed by atoms with Crippen molar-refractivity contribution in [1.82, 2.24) is 15.5 Å². The van der Waals surface area contributed by atoms with Gasteiger partial charge in [0.25, 0.3) is 0 Å². The van der Waals surface area contributed by atoms with E-state index in [2.05, 4.69) is 43.2 Å². The Bertz CT molecular complexity index is 356. The average Bonchev–Trinajstić information content (AvgIpc) is 2.78. The summed E-state index contributed by atoms with van der Waals surface area (Å²) in [5.74, 6) is 1.42. The summed E-state index contributed by atoms with van der Waals surface area (Å²) >= 11 is 0. The van der Waals surface area contributed by atoms with Gasteiger partial charge in [-0.25, -0.2) is 0 Å². The maximum atomic E-state index is 4.26. The first kappa shape index (κ1) is 12.6. The lowest BCUT2D eigenvalue weighted by Crippen LogP contribution is -2.30. The van der Waals surface area contributed by atoms with Crippen molar-refractivity contribution < 1.29 is 0 Å². The Balaban J connectivity index is 2.18. The summed E-state index contributed by atoms with van der Waals surface area (Å²) in [7, 11) is 0. The Kier molecular flexibility index (Phi) is 3.57. The van der Waals surface area contributed by atoms with Crippen molar-refractivity contribution in [2.24, 2.45) is 5.92 Å². The molecule has 2 N–H and O–H groups in total. The van der Waals surface area contributed by atoms with E-state index in [-0.39, 0.29) is 5.41 Å². The highest BCUT2D eigenvalue weighted by atomic mass is 15.1. The van der Waals surface area contributed by atoms with E-state index in [0.717, 1.165) is 19.0 Å². The van der Waals surface area contributed by atoms with Crippen molar-refractivity contribution in [2.75, 3.05) is 13.1 Å². The third-order valence-corrected chi connectivity index (χ3v) is 4.00. The van der Waals surface area contributed by atoms with E-state index in [9.17, 15) is 0 Å². The molecule has 1 atom stereocenters. The van der Waals surface area contributed by atoms with Gasteiger partial charge < -0.3 is 5.32 Å². The van der Waals surface area contributed by atoms with Gasteiger partial charge in [-0.3, -0.25) is 5.10 Å². The molecule has 0 amide bonds. The first-order valence-electron chi connectivity index (χ1n) is 6.74. The van der Waals surface area contributed by atoms with Crippen LogP contribution in [0, 0.1) is 5.92 Å². The molecule has 2 rings (SSSR count). The van der Waals surface area contributed by atoms with Crippen molar-refractivity contribution in [3.63, 3.8) is 0 Å². The fraction of sp³-hybridized carbons (Fsp3) is 0.786. The molecule has 1 aromatic rings. The van der Waals surface area contributed by atoms with Crippen LogP contribution in [-0.2, 0) is 5.41 Å². The van der Waals surface area contributed by atoms with Crippen molar-refractivity contribution in [1.29, 1.82) is 0 Å². The topological polar surface area (TPSA) is 40.7 Å². The number of aromatic nitrogens is 2. The zero-order valence-corrected chi connectivity index (χ0v) is 11.5. The number of rotatable bonds is 2. The summed E-state index contributed by atoms with van der Waals surface area (Å²) < 4.78 is 0. The van der Waals surface area contributed by atoms with Gasteiger partial charge in [0.1, 0.15) is 0 Å². The van der Waals surface area contributed by atoms with Crippen molar-refractivity contribution >= 4 is 0 Å². The number of hydrogen-bond donors (Lipinski definition) is 2. The van der Waals surface area contributed by atoms with E-state index in [1.165, 1.54) is 24.1 Å². The lowest BCUT2D eigenvalue weighted by molar-refractivity contribution is 0.327. The summed E-state index contributed by atoms with van der Waals surface area (Å²) in [6.45, 7) is 11.4. The molecule has 0 aromatic carbocycles. The van der Waals surface area contributed by atoms with Crippen LogP contribution in [0.15, 0.2) is 6.20 Å². The Morgan fingerprint density at radius 2 is 1.94 bits per heavy atom. The van der Waals surface area contributed by atoms with Crippen LogP contribution < -0.4 is 5.32 Å². The fourth-order valence-electron chi connectivity index (χ4n) is 2.84. The molecule has 1 unspecified atom stereocenters. The largest absolute Gasteiger partial charge is 0.317 e. The summed E-state index contributed by atoms with van der Waals surface area (Å²) in [6, 6.07) is 0. The van der Waals surface area contributed by atoms with Gasteiger partial charge in [0.2, 0.25) is 0 Å². The first-order chi connectivity index (χ1) is 8.00. The second-order valence-electron chi connectivity index (χ2n) is 6.33. The molecule has 1 fully saturated rings. The fourth-order valence-corrected chi connectivity index (χ4v) is 2.84. The van der Waals surface area contributed by atoms with Gasteiger partial charge in [0.05, 0.1) is 6.20 Å². The Hall–Kier alpha value is -0.830. The predicted molar refractivity (Wildman–Crippen MR) is 71.3 cm³/mol. The maximum absolute atomic E-state index is 4.26. The van der Waals surface area contributed by atoms with E-state index in [1.807, 2.05) is 6.20 Å². The molecule has 2 heterocycles. The highest BCUT2D eigenvalue weighted by Crippen LogP contribution is 2.35. The highest BCUT2D eigenvalue weighted by molar-refractivity contribution is 5.27. The maximum Gasteiger partial charge on any atom is 0.0525 e. The van der Waals surface area contributed by atoms with Crippen molar-refractivity contribution in [2.45, 2.75) is 51.9 Å². The number of hydrogen-bond acceptors (Lipinski definition) is 2. The molecule has 1 aromatic heterocycles. The molecular formula is C14H25N3. The molecule has 0 saturated carbocycles. The minimum atomic E-state index is 0.160. The predicted octanol–water partition coefficient (Wildman–Crippen LogP) is 2.81. The van der Waals surface area contributed by atoms with Crippen LogP contribution >= 0.6 is 0 Å². The second kappa shape index (κ2) is 4.81. The molecule has 1 aliphatic heterocycles. The molecule has 0 bridgehead atoms. The third kappa shape index (κ3) is 2.71. The molecule has 17 heavy (non-hydrogen) atoms. The minimum Gasteiger partial charge on any atom is -0.317 e. The smallest absolute Gasteiger partial charge is 0.0525 e. The number of piperidine rings is 1. The molecule has 1 aliphatic rings. The Morgan fingerprint density at radius 1 is 1.29 bits per heavy atom. The molecule has 1 saturated heterocycles. The Labute approximate surface area is 104 Å². The van der Waals surface area contributed by atoms with Gasteiger partial charge >= 0.3 is 0 Å². The normalized spacial score (nSPS) is 20.5. The van der Waals surface area contributed by atoms with Gasteiger partial charge in [-0.15, -0.1) is 0 Å². The van der Waals surface area contributed by atoms with E-state index in [0.29, 0.717) is 5.92 Å². The molecule has 3 heteroatoms. The Morgan fingerprint density at radius 3 is 2.53 bits per heavy atom. The number of nitrogens with zero attached hydrogens (tertiary/aromatic N) is 1. The highest BCUT2D eigenvalue weighted by Gasteiger charge is 2.28. The van der Waals surface area contributed by atoms with Crippen LogP contribution in [0.5, 0.6) is 0 Å². The van der Waals surface area contributed by atoms with Crippen LogP contribution in [-0.4, -0.2) is 23.3 Å². The summed E-state index contributed by atoms with van der Waals surface area (Å²) in [4.78, 5) is 0. The first-order valence-corrected chi connectivity index (χ1v) is 6.74. The van der Waals surface area contributed by atoms with Crippen molar-refractivity contribution in [3.05, 3.63) is 17.5 Å². The van der Waals surface area contributed by atoms with Crippen LogP contribution in [0.25, 0.3) is 0 Å². The SMILES string of the molecule is CC(c1cn[nH]c1C(C)(C)C)C1CCNCC1. The van der Waals surface area contributed by atoms with E-state index in [1.54, 1.807) is 0 Å². The monoisotopic (exact) mass is 235 g/mol. The quantitative estimate of drug-likeness (QED) is 0.827. The average molecular weight is 235 g/mol.